The molecule has 1 fully saturated rings. The fourth-order valence-electron chi connectivity index (χ4n) is 3.71. The van der Waals surface area contributed by atoms with Gasteiger partial charge in [0.1, 0.15) is 5.69 Å². The summed E-state index contributed by atoms with van der Waals surface area (Å²) in [4.78, 5) is 14.6. The first-order chi connectivity index (χ1) is 13.0. The molecule has 0 saturated carbocycles. The Balaban J connectivity index is 1.43. The van der Waals surface area contributed by atoms with Crippen LogP contribution in [0.2, 0.25) is 5.02 Å². The second-order valence-electron chi connectivity index (χ2n) is 7.02. The number of nitrogens with zero attached hydrogens (tertiary/aromatic N) is 3. The van der Waals surface area contributed by atoms with Crippen molar-refractivity contribution in [1.29, 1.82) is 0 Å². The van der Waals surface area contributed by atoms with Gasteiger partial charge in [0.15, 0.2) is 0 Å². The number of piperidine rings is 1. The highest BCUT2D eigenvalue weighted by molar-refractivity contribution is 6.33. The molecule has 2 aromatic heterocycles. The molecular weight excluding hydrogens is 362 g/mol. The van der Waals surface area contributed by atoms with Crippen LogP contribution in [0.3, 0.4) is 0 Å². The maximum atomic E-state index is 12.7. The molecule has 0 unspecified atom stereocenters. The molecule has 1 aromatic carbocycles. The SMILES string of the molecule is Cn1cc(N)cc1C(=O)N1CCC(c2cc(-c3ccccc3Cl)n[nH]2)CC1. The molecular formula is C20H22ClN5O. The van der Waals surface area contributed by atoms with Crippen molar-refractivity contribution >= 4 is 23.2 Å². The van der Waals surface area contributed by atoms with Crippen LogP contribution in [0.25, 0.3) is 11.3 Å². The summed E-state index contributed by atoms with van der Waals surface area (Å²) in [7, 11) is 1.84. The Morgan fingerprint density at radius 1 is 1.26 bits per heavy atom. The molecule has 0 bridgehead atoms. The number of H-pyrrole nitrogens is 1. The third-order valence-electron chi connectivity index (χ3n) is 5.21. The van der Waals surface area contributed by atoms with Crippen molar-refractivity contribution in [2.75, 3.05) is 18.8 Å². The molecule has 140 valence electrons. The Labute approximate surface area is 162 Å². The van der Waals surface area contributed by atoms with E-state index < -0.39 is 0 Å². The van der Waals surface area contributed by atoms with Crippen LogP contribution in [0.15, 0.2) is 42.6 Å². The van der Waals surface area contributed by atoms with Crippen LogP contribution in [0.5, 0.6) is 0 Å². The van der Waals surface area contributed by atoms with Crippen LogP contribution in [0, 0.1) is 0 Å². The molecule has 6 nitrogen and oxygen atoms in total. The summed E-state index contributed by atoms with van der Waals surface area (Å²) < 4.78 is 1.79. The molecule has 0 atom stereocenters. The minimum Gasteiger partial charge on any atom is -0.397 e. The van der Waals surface area contributed by atoms with Gasteiger partial charge in [-0.1, -0.05) is 29.8 Å². The fourth-order valence-corrected chi connectivity index (χ4v) is 3.94. The number of hydrogen-bond acceptors (Lipinski definition) is 3. The van der Waals surface area contributed by atoms with Crippen molar-refractivity contribution in [3.8, 4) is 11.3 Å². The standard InChI is InChI=1S/C20H22ClN5O/c1-25-12-14(22)10-19(25)20(27)26-8-6-13(7-9-26)17-11-18(24-23-17)15-4-2-3-5-16(15)21/h2-5,10-13H,6-9,22H2,1H3,(H,23,24). The molecule has 3 N–H and O–H groups in total. The zero-order valence-electron chi connectivity index (χ0n) is 15.2. The number of rotatable bonds is 3. The number of nitrogen functional groups attached to an aromatic ring is 1. The van der Waals surface area contributed by atoms with Crippen molar-refractivity contribution in [1.82, 2.24) is 19.7 Å². The average molecular weight is 384 g/mol. The summed E-state index contributed by atoms with van der Waals surface area (Å²) in [5.41, 5.74) is 9.92. The summed E-state index contributed by atoms with van der Waals surface area (Å²) in [6, 6.07) is 11.5. The van der Waals surface area contributed by atoms with E-state index in [4.69, 9.17) is 17.3 Å². The van der Waals surface area contributed by atoms with Crippen molar-refractivity contribution in [2.24, 2.45) is 7.05 Å². The lowest BCUT2D eigenvalue weighted by Gasteiger charge is -2.31. The number of aromatic amines is 1. The van der Waals surface area contributed by atoms with Crippen LogP contribution in [-0.2, 0) is 7.05 Å². The zero-order valence-corrected chi connectivity index (χ0v) is 15.9. The average Bonchev–Trinajstić information content (AvgIpc) is 3.28. The normalized spacial score (nSPS) is 15.3. The Hall–Kier alpha value is -2.73. The summed E-state index contributed by atoms with van der Waals surface area (Å²) in [5.74, 6) is 0.394. The van der Waals surface area contributed by atoms with E-state index in [1.54, 1.807) is 16.8 Å². The third-order valence-corrected chi connectivity index (χ3v) is 5.54. The summed E-state index contributed by atoms with van der Waals surface area (Å²) in [5, 5.41) is 8.28. The molecule has 0 spiro atoms. The molecule has 1 saturated heterocycles. The van der Waals surface area contributed by atoms with E-state index in [-0.39, 0.29) is 5.91 Å². The van der Waals surface area contributed by atoms with Gasteiger partial charge in [0.25, 0.3) is 5.91 Å². The minimum absolute atomic E-state index is 0.0361. The van der Waals surface area contributed by atoms with E-state index in [0.29, 0.717) is 22.3 Å². The number of likely N-dealkylation sites (tertiary alicyclic amines) is 1. The first-order valence-electron chi connectivity index (χ1n) is 9.04. The van der Waals surface area contributed by atoms with E-state index in [1.807, 2.05) is 36.2 Å². The maximum Gasteiger partial charge on any atom is 0.270 e. The number of carbonyl (C=O) groups is 1. The molecule has 3 aromatic rings. The van der Waals surface area contributed by atoms with Gasteiger partial charge in [-0.05, 0) is 31.0 Å². The van der Waals surface area contributed by atoms with Crippen LogP contribution < -0.4 is 5.73 Å². The lowest BCUT2D eigenvalue weighted by molar-refractivity contribution is 0.0702. The van der Waals surface area contributed by atoms with Crippen molar-refractivity contribution in [3.63, 3.8) is 0 Å². The van der Waals surface area contributed by atoms with Gasteiger partial charge >= 0.3 is 0 Å². The molecule has 1 aliphatic rings. The maximum absolute atomic E-state index is 12.7. The number of hydrogen-bond donors (Lipinski definition) is 2. The molecule has 7 heteroatoms. The molecule has 1 amide bonds. The number of carbonyl (C=O) groups excluding carboxylic acids is 1. The Morgan fingerprint density at radius 3 is 2.67 bits per heavy atom. The number of nitrogens with one attached hydrogen (secondary N) is 1. The summed E-state index contributed by atoms with van der Waals surface area (Å²) >= 11 is 6.27. The lowest BCUT2D eigenvalue weighted by Crippen LogP contribution is -2.38. The second kappa shape index (κ2) is 7.12. The van der Waals surface area contributed by atoms with Gasteiger partial charge in [0, 0.05) is 43.5 Å². The van der Waals surface area contributed by atoms with Crippen LogP contribution in [0.1, 0.15) is 34.9 Å². The van der Waals surface area contributed by atoms with Gasteiger partial charge in [-0.15, -0.1) is 0 Å². The van der Waals surface area contributed by atoms with Gasteiger partial charge in [0.05, 0.1) is 16.4 Å². The van der Waals surface area contributed by atoms with Gasteiger partial charge in [-0.2, -0.15) is 5.10 Å². The zero-order chi connectivity index (χ0) is 19.0. The van der Waals surface area contributed by atoms with Crippen LogP contribution in [0.4, 0.5) is 5.69 Å². The van der Waals surface area contributed by atoms with E-state index in [1.165, 1.54) is 0 Å². The number of benzene rings is 1. The molecule has 0 aliphatic carbocycles. The number of aromatic nitrogens is 3. The molecule has 4 rings (SSSR count). The monoisotopic (exact) mass is 383 g/mol. The van der Waals surface area contributed by atoms with Gasteiger partial charge in [0.2, 0.25) is 0 Å². The predicted octanol–water partition coefficient (Wildman–Crippen LogP) is 3.67. The topological polar surface area (TPSA) is 79.9 Å². The lowest BCUT2D eigenvalue weighted by atomic mass is 9.93. The number of nitrogens with two attached hydrogens (primary N) is 1. The first kappa shape index (κ1) is 17.7. The summed E-state index contributed by atoms with van der Waals surface area (Å²) in [6.45, 7) is 1.43. The molecule has 27 heavy (non-hydrogen) atoms. The van der Waals surface area contributed by atoms with E-state index in [2.05, 4.69) is 16.3 Å². The predicted molar refractivity (Wildman–Crippen MR) is 107 cm³/mol. The Bertz CT molecular complexity index is 968. The Morgan fingerprint density at radius 2 is 2.00 bits per heavy atom. The van der Waals surface area contributed by atoms with Gasteiger partial charge in [-0.3, -0.25) is 9.89 Å². The number of amides is 1. The van der Waals surface area contributed by atoms with E-state index in [9.17, 15) is 4.79 Å². The quantitative estimate of drug-likeness (QED) is 0.724. The number of aryl methyl sites for hydroxylation is 1. The summed E-state index contributed by atoms with van der Waals surface area (Å²) in [6.07, 6.45) is 3.56. The van der Waals surface area contributed by atoms with Gasteiger partial charge < -0.3 is 15.2 Å². The minimum atomic E-state index is 0.0361. The van der Waals surface area contributed by atoms with E-state index >= 15 is 0 Å². The number of anilines is 1. The van der Waals surface area contributed by atoms with Gasteiger partial charge in [-0.25, -0.2) is 0 Å². The molecule has 0 radical (unpaired) electrons. The second-order valence-corrected chi connectivity index (χ2v) is 7.43. The van der Waals surface area contributed by atoms with Crippen molar-refractivity contribution < 1.29 is 4.79 Å². The molecule has 1 aliphatic heterocycles. The third kappa shape index (κ3) is 3.45. The van der Waals surface area contributed by atoms with Crippen molar-refractivity contribution in [2.45, 2.75) is 18.8 Å². The van der Waals surface area contributed by atoms with Crippen LogP contribution >= 0.6 is 11.6 Å². The van der Waals surface area contributed by atoms with Crippen LogP contribution in [-0.4, -0.2) is 38.7 Å². The van der Waals surface area contributed by atoms with E-state index in [0.717, 1.165) is 42.9 Å². The highest BCUT2D eigenvalue weighted by atomic mass is 35.5. The largest absolute Gasteiger partial charge is 0.397 e. The Kier molecular flexibility index (Phi) is 4.66. The molecule has 3 heterocycles. The first-order valence-corrected chi connectivity index (χ1v) is 9.42. The fraction of sp³-hybridized carbons (Fsp3) is 0.300. The smallest absolute Gasteiger partial charge is 0.270 e. The highest BCUT2D eigenvalue weighted by Crippen LogP contribution is 2.32. The highest BCUT2D eigenvalue weighted by Gasteiger charge is 2.27. The number of halogens is 1. The van der Waals surface area contributed by atoms with Crippen molar-refractivity contribution in [3.05, 3.63) is 59.0 Å².